The number of hydrogen-bond acceptors (Lipinski definition) is 2. The van der Waals surface area contributed by atoms with Crippen LogP contribution in [0.5, 0.6) is 0 Å². The Bertz CT molecular complexity index is 356. The summed E-state index contributed by atoms with van der Waals surface area (Å²) in [6.07, 6.45) is 6.19. The van der Waals surface area contributed by atoms with E-state index in [1.54, 1.807) is 18.2 Å². The van der Waals surface area contributed by atoms with Gasteiger partial charge in [0.15, 0.2) is 0 Å². The molecule has 0 aliphatic heterocycles. The number of non-ortho nitro benzene ring substituents is 1. The topological polar surface area (TPSA) is 43.1 Å². The van der Waals surface area contributed by atoms with Gasteiger partial charge in [0, 0.05) is 12.1 Å². The van der Waals surface area contributed by atoms with Crippen LogP contribution in [-0.2, 0) is 0 Å². The van der Waals surface area contributed by atoms with E-state index >= 15 is 0 Å². The highest BCUT2D eigenvalue weighted by Gasteiger charge is 2.17. The third-order valence-corrected chi connectivity index (χ3v) is 3.16. The van der Waals surface area contributed by atoms with Gasteiger partial charge in [-0.15, -0.1) is 0 Å². The van der Waals surface area contributed by atoms with E-state index in [1.807, 2.05) is 6.07 Å². The molecule has 0 spiro atoms. The first-order valence-electron chi connectivity index (χ1n) is 5.52. The Hall–Kier alpha value is -1.38. The summed E-state index contributed by atoms with van der Waals surface area (Å²) in [6.45, 7) is 0. The van der Waals surface area contributed by atoms with Crippen molar-refractivity contribution in [3.05, 3.63) is 39.9 Å². The van der Waals surface area contributed by atoms with Gasteiger partial charge in [-0.1, -0.05) is 31.4 Å². The molecule has 0 radical (unpaired) electrons. The molecule has 0 N–H and O–H groups in total. The first kappa shape index (κ1) is 10.1. The van der Waals surface area contributed by atoms with Crippen molar-refractivity contribution >= 4 is 5.69 Å². The Labute approximate surface area is 89.3 Å². The Morgan fingerprint density at radius 2 is 1.93 bits per heavy atom. The predicted molar refractivity (Wildman–Crippen MR) is 58.9 cm³/mol. The largest absolute Gasteiger partial charge is 0.269 e. The molecule has 15 heavy (non-hydrogen) atoms. The van der Waals surface area contributed by atoms with E-state index in [-0.39, 0.29) is 10.6 Å². The SMILES string of the molecule is O=[N+]([O-])c1cccc(C2CCCCC2)c1. The molecule has 1 aromatic carbocycles. The molecule has 2 rings (SSSR count). The summed E-state index contributed by atoms with van der Waals surface area (Å²) >= 11 is 0. The average Bonchev–Trinajstić information content (AvgIpc) is 2.30. The number of benzene rings is 1. The number of rotatable bonds is 2. The lowest BCUT2D eigenvalue weighted by Crippen LogP contribution is -2.04. The molecule has 1 aromatic rings. The molecule has 3 nitrogen and oxygen atoms in total. The van der Waals surface area contributed by atoms with E-state index in [1.165, 1.54) is 32.1 Å². The van der Waals surface area contributed by atoms with Gasteiger partial charge in [-0.05, 0) is 24.3 Å². The van der Waals surface area contributed by atoms with Gasteiger partial charge < -0.3 is 0 Å². The van der Waals surface area contributed by atoms with Crippen molar-refractivity contribution in [3.8, 4) is 0 Å². The molecular formula is C12H15NO2. The Balaban J connectivity index is 2.19. The van der Waals surface area contributed by atoms with Crippen LogP contribution in [0.25, 0.3) is 0 Å². The smallest absolute Gasteiger partial charge is 0.258 e. The highest BCUT2D eigenvalue weighted by Crippen LogP contribution is 2.33. The Morgan fingerprint density at radius 1 is 1.20 bits per heavy atom. The second kappa shape index (κ2) is 4.43. The van der Waals surface area contributed by atoms with E-state index in [0.717, 1.165) is 5.56 Å². The van der Waals surface area contributed by atoms with Crippen molar-refractivity contribution in [2.75, 3.05) is 0 Å². The fraction of sp³-hybridized carbons (Fsp3) is 0.500. The standard InChI is InChI=1S/C12H15NO2/c14-13(15)12-8-4-7-11(9-12)10-5-2-1-3-6-10/h4,7-10H,1-3,5-6H2. The van der Waals surface area contributed by atoms with Crippen molar-refractivity contribution in [2.45, 2.75) is 38.0 Å². The molecule has 1 aliphatic rings. The van der Waals surface area contributed by atoms with Crippen LogP contribution in [0.4, 0.5) is 5.69 Å². The van der Waals surface area contributed by atoms with Crippen LogP contribution in [-0.4, -0.2) is 4.92 Å². The normalized spacial score (nSPS) is 17.6. The molecule has 0 saturated heterocycles. The van der Waals surface area contributed by atoms with Crippen molar-refractivity contribution < 1.29 is 4.92 Å². The summed E-state index contributed by atoms with van der Waals surface area (Å²) in [5, 5.41) is 10.6. The van der Waals surface area contributed by atoms with Gasteiger partial charge in [-0.3, -0.25) is 10.1 Å². The average molecular weight is 205 g/mol. The van der Waals surface area contributed by atoms with E-state index in [4.69, 9.17) is 0 Å². The Kier molecular flexibility index (Phi) is 2.99. The van der Waals surface area contributed by atoms with Crippen LogP contribution in [0.3, 0.4) is 0 Å². The van der Waals surface area contributed by atoms with Gasteiger partial charge in [0.05, 0.1) is 4.92 Å². The summed E-state index contributed by atoms with van der Waals surface area (Å²) in [5.74, 6) is 0.540. The van der Waals surface area contributed by atoms with Gasteiger partial charge in [0.1, 0.15) is 0 Å². The quantitative estimate of drug-likeness (QED) is 0.546. The molecule has 80 valence electrons. The molecule has 0 bridgehead atoms. The fourth-order valence-corrected chi connectivity index (χ4v) is 2.33. The zero-order chi connectivity index (χ0) is 10.7. The van der Waals surface area contributed by atoms with Gasteiger partial charge in [-0.25, -0.2) is 0 Å². The first-order chi connectivity index (χ1) is 7.27. The predicted octanol–water partition coefficient (Wildman–Crippen LogP) is 3.64. The van der Waals surface area contributed by atoms with Crippen molar-refractivity contribution in [2.24, 2.45) is 0 Å². The zero-order valence-corrected chi connectivity index (χ0v) is 8.69. The zero-order valence-electron chi connectivity index (χ0n) is 8.69. The number of nitro benzene ring substituents is 1. The number of nitrogens with zero attached hydrogens (tertiary/aromatic N) is 1. The van der Waals surface area contributed by atoms with E-state index in [9.17, 15) is 10.1 Å². The molecule has 1 aliphatic carbocycles. The summed E-state index contributed by atoms with van der Waals surface area (Å²) in [4.78, 5) is 10.3. The molecule has 0 heterocycles. The van der Waals surface area contributed by atoms with Crippen LogP contribution >= 0.6 is 0 Å². The van der Waals surface area contributed by atoms with Crippen LogP contribution in [0, 0.1) is 10.1 Å². The lowest BCUT2D eigenvalue weighted by atomic mass is 9.84. The van der Waals surface area contributed by atoms with Gasteiger partial charge >= 0.3 is 0 Å². The highest BCUT2D eigenvalue weighted by atomic mass is 16.6. The molecular weight excluding hydrogens is 190 g/mol. The molecule has 0 aromatic heterocycles. The van der Waals surface area contributed by atoms with Crippen LogP contribution in [0.1, 0.15) is 43.6 Å². The molecule has 1 fully saturated rings. The second-order valence-electron chi connectivity index (χ2n) is 4.19. The minimum Gasteiger partial charge on any atom is -0.258 e. The summed E-state index contributed by atoms with van der Waals surface area (Å²) < 4.78 is 0. The monoisotopic (exact) mass is 205 g/mol. The number of nitro groups is 1. The van der Waals surface area contributed by atoms with Crippen LogP contribution in [0.2, 0.25) is 0 Å². The summed E-state index contributed by atoms with van der Waals surface area (Å²) in [7, 11) is 0. The van der Waals surface area contributed by atoms with Crippen molar-refractivity contribution in [3.63, 3.8) is 0 Å². The maximum atomic E-state index is 10.6. The maximum Gasteiger partial charge on any atom is 0.269 e. The third-order valence-electron chi connectivity index (χ3n) is 3.16. The molecule has 1 saturated carbocycles. The summed E-state index contributed by atoms with van der Waals surface area (Å²) in [6, 6.07) is 7.10. The van der Waals surface area contributed by atoms with Gasteiger partial charge in [-0.2, -0.15) is 0 Å². The lowest BCUT2D eigenvalue weighted by Gasteiger charge is -2.21. The second-order valence-corrected chi connectivity index (χ2v) is 4.19. The maximum absolute atomic E-state index is 10.6. The van der Waals surface area contributed by atoms with Crippen LogP contribution in [0.15, 0.2) is 24.3 Å². The molecule has 3 heteroatoms. The minimum absolute atomic E-state index is 0.220. The van der Waals surface area contributed by atoms with Crippen molar-refractivity contribution in [1.29, 1.82) is 0 Å². The van der Waals surface area contributed by atoms with Gasteiger partial charge in [0.25, 0.3) is 5.69 Å². The molecule has 0 atom stereocenters. The minimum atomic E-state index is -0.313. The van der Waals surface area contributed by atoms with Crippen molar-refractivity contribution in [1.82, 2.24) is 0 Å². The van der Waals surface area contributed by atoms with E-state index in [0.29, 0.717) is 5.92 Å². The van der Waals surface area contributed by atoms with E-state index < -0.39 is 0 Å². The third kappa shape index (κ3) is 2.35. The molecule has 0 amide bonds. The summed E-state index contributed by atoms with van der Waals surface area (Å²) in [5.41, 5.74) is 1.36. The van der Waals surface area contributed by atoms with E-state index in [2.05, 4.69) is 0 Å². The lowest BCUT2D eigenvalue weighted by molar-refractivity contribution is -0.384. The molecule has 0 unspecified atom stereocenters. The Morgan fingerprint density at radius 3 is 2.60 bits per heavy atom. The van der Waals surface area contributed by atoms with Gasteiger partial charge in [0.2, 0.25) is 0 Å². The number of hydrogen-bond donors (Lipinski definition) is 0. The van der Waals surface area contributed by atoms with Crippen LogP contribution < -0.4 is 0 Å². The first-order valence-corrected chi connectivity index (χ1v) is 5.52. The highest BCUT2D eigenvalue weighted by molar-refractivity contribution is 5.36. The fourth-order valence-electron chi connectivity index (χ4n) is 2.33.